The molecule has 4 aromatic carbocycles. The monoisotopic (exact) mass is 1200 g/mol. The van der Waals surface area contributed by atoms with E-state index in [0.29, 0.717) is 18.6 Å². The smallest absolute Gasteiger partial charge is 0.456 e. The number of benzene rings is 4. The number of amides is 2. The fourth-order valence-corrected chi connectivity index (χ4v) is 8.26. The molecule has 3 heterocycles. The van der Waals surface area contributed by atoms with Gasteiger partial charge in [-0.05, 0) is 92.2 Å². The van der Waals surface area contributed by atoms with E-state index in [4.69, 9.17) is 14.6 Å². The Labute approximate surface area is 474 Å². The molecule has 6 aromatic rings. The predicted octanol–water partition coefficient (Wildman–Crippen LogP) is 8.97. The summed E-state index contributed by atoms with van der Waals surface area (Å²) in [6.45, 7) is -1.97. The van der Waals surface area contributed by atoms with Crippen LogP contribution in [0.1, 0.15) is 78.1 Å². The second-order valence-corrected chi connectivity index (χ2v) is 20.2. The van der Waals surface area contributed by atoms with Crippen LogP contribution in [0.3, 0.4) is 0 Å². The van der Waals surface area contributed by atoms with Gasteiger partial charge in [0, 0.05) is 25.7 Å². The zero-order valence-electron chi connectivity index (χ0n) is 45.5. The molecule has 18 nitrogen and oxygen atoms in total. The number of H-pyrrole nitrogens is 1. The summed E-state index contributed by atoms with van der Waals surface area (Å²) >= 11 is 0. The molecular formula is C56H62F10N8O10. The fourth-order valence-electron chi connectivity index (χ4n) is 8.26. The lowest BCUT2D eigenvalue weighted by molar-refractivity contribution is -0.295. The highest BCUT2D eigenvalue weighted by molar-refractivity contribution is 5.92. The number of aromatic amines is 1. The average molecular weight is 1200 g/mol. The Kier molecular flexibility index (Phi) is 23.6. The summed E-state index contributed by atoms with van der Waals surface area (Å²) in [6, 6.07) is 33.6. The van der Waals surface area contributed by atoms with Gasteiger partial charge in [0.05, 0.1) is 36.4 Å². The molecule has 5 atom stereocenters. The number of rotatable bonds is 23. The highest BCUT2D eigenvalue weighted by atomic mass is 19.4. The first-order valence-corrected chi connectivity index (χ1v) is 25.9. The number of nitrogens with zero attached hydrogens (tertiary/aromatic N) is 5. The van der Waals surface area contributed by atoms with Gasteiger partial charge in [-0.1, -0.05) is 114 Å². The van der Waals surface area contributed by atoms with Crippen LogP contribution in [0.4, 0.5) is 43.9 Å². The number of aliphatic carboxylic acids is 1. The highest BCUT2D eigenvalue weighted by Gasteiger charge is 2.59. The largest absolute Gasteiger partial charge is 0.481 e. The summed E-state index contributed by atoms with van der Waals surface area (Å²) < 4.78 is 137. The van der Waals surface area contributed by atoms with Gasteiger partial charge in [-0.2, -0.15) is 59.3 Å². The molecule has 0 radical (unpaired) electrons. The first kappa shape index (κ1) is 67.0. The van der Waals surface area contributed by atoms with E-state index in [2.05, 4.69) is 41.1 Å². The number of alkyl halides is 10. The third-order valence-electron chi connectivity index (χ3n) is 13.1. The summed E-state index contributed by atoms with van der Waals surface area (Å²) in [4.78, 5) is 50.5. The molecule has 0 spiro atoms. The van der Waals surface area contributed by atoms with E-state index in [9.17, 15) is 73.3 Å². The summed E-state index contributed by atoms with van der Waals surface area (Å²) in [5.74, 6) is -13.8. The number of aromatic nitrogens is 6. The van der Waals surface area contributed by atoms with E-state index in [1.165, 1.54) is 10.9 Å². The molecule has 1 fully saturated rings. The van der Waals surface area contributed by atoms with Crippen LogP contribution >= 0.6 is 0 Å². The van der Waals surface area contributed by atoms with Crippen molar-refractivity contribution in [1.82, 2.24) is 41.0 Å². The van der Waals surface area contributed by atoms with Crippen LogP contribution in [0.2, 0.25) is 0 Å². The van der Waals surface area contributed by atoms with Gasteiger partial charge >= 0.3 is 36.1 Å². The zero-order valence-corrected chi connectivity index (χ0v) is 45.5. The van der Waals surface area contributed by atoms with Crippen LogP contribution in [-0.2, 0) is 43.7 Å². The minimum Gasteiger partial charge on any atom is -0.481 e. The zero-order chi connectivity index (χ0) is 61.9. The van der Waals surface area contributed by atoms with Crippen LogP contribution in [0.25, 0.3) is 22.3 Å². The first-order chi connectivity index (χ1) is 39.5. The third kappa shape index (κ3) is 19.7. The van der Waals surface area contributed by atoms with Crippen molar-refractivity contribution in [2.45, 2.75) is 101 Å². The van der Waals surface area contributed by atoms with Crippen LogP contribution in [-0.4, -0.2) is 145 Å². The first-order valence-electron chi connectivity index (χ1n) is 25.9. The van der Waals surface area contributed by atoms with E-state index >= 15 is 0 Å². The standard InChI is InChI=1S/C28H34N4O5.C25H25F5N4O4.C3H3F5O/c1-28(27(34)35,19-37-25-10-6-7-15-36-25)17-23(29-26(33)24-18-32(2)31-30-24)16-20-11-13-22(14-12-20)21-8-4-3-5-9-21;1-23(14-35,22(37)38-15-24(26,27)25(28,29)30)12-19(32-21(36)20-13-31-34-33-20)11-16-7-9-18(10-8-16)17-5-3-2-4-6-17;4-2(5,1-9)3(6,7)8/h3-5,8-9,11-14,18,23,25H,6-7,10,15-17,19H2,1-2H3,(H,29,33)(H,34,35);2-10,13,19,35H,11-12,14-15H2,1H3,(H,32,36)(H,31,33,34);9H,1H2/t23-,25?,28+;19-,23+;/m11./s1. The molecule has 28 heteroatoms. The van der Waals surface area contributed by atoms with Gasteiger partial charge in [0.25, 0.3) is 11.8 Å². The molecule has 6 N–H and O–H groups in total. The predicted molar refractivity (Wildman–Crippen MR) is 281 cm³/mol. The summed E-state index contributed by atoms with van der Waals surface area (Å²) in [5.41, 5.74) is 2.75. The lowest BCUT2D eigenvalue weighted by Crippen LogP contribution is -2.47. The van der Waals surface area contributed by atoms with E-state index in [0.717, 1.165) is 60.2 Å². The average Bonchev–Trinajstić information content (AvgIpc) is 4.12. The van der Waals surface area contributed by atoms with E-state index in [1.807, 2.05) is 97.1 Å². The van der Waals surface area contributed by atoms with Crippen LogP contribution < -0.4 is 10.6 Å². The number of ether oxygens (including phenoxy) is 3. The maximum absolute atomic E-state index is 13.3. The van der Waals surface area contributed by atoms with Gasteiger partial charge in [-0.15, -0.1) is 5.10 Å². The fraction of sp³-hybridized carbons (Fsp3) is 0.429. The number of esters is 1. The second kappa shape index (κ2) is 29.6. The Morgan fingerprint density at radius 3 is 1.55 bits per heavy atom. The third-order valence-corrected chi connectivity index (χ3v) is 13.1. The van der Waals surface area contributed by atoms with Crippen LogP contribution in [0, 0.1) is 10.8 Å². The van der Waals surface area contributed by atoms with Crippen molar-refractivity contribution in [1.29, 1.82) is 0 Å². The number of aliphatic hydroxyl groups excluding tert-OH is 2. The number of carboxylic acids is 1. The van der Waals surface area contributed by atoms with E-state index in [1.54, 1.807) is 26.1 Å². The number of aliphatic hydroxyl groups is 2. The SMILES string of the molecule is C[C@@](CO)(C[C@@H](Cc1ccc(-c2ccccc2)cc1)NC(=O)c1cn[nH]n1)C(=O)OCC(F)(F)C(F)(F)F.Cn1cc(C(=O)N[C@H](Cc2ccc(-c3ccccc3)cc2)C[C@@](C)(COC2CCCCO2)C(=O)O)nn1.OCC(F)(F)C(F)(F)F. The molecule has 0 bridgehead atoms. The highest BCUT2D eigenvalue weighted by Crippen LogP contribution is 2.37. The molecule has 0 aliphatic carbocycles. The van der Waals surface area contributed by atoms with Gasteiger partial charge < -0.3 is 40.2 Å². The minimum atomic E-state index is -5.91. The number of carbonyl (C=O) groups is 4. The molecule has 1 unspecified atom stereocenters. The van der Waals surface area contributed by atoms with Gasteiger partial charge in [-0.3, -0.25) is 23.9 Å². The molecule has 1 aliphatic heterocycles. The minimum absolute atomic E-state index is 0.0164. The maximum atomic E-state index is 13.3. The summed E-state index contributed by atoms with van der Waals surface area (Å²) in [5, 5.41) is 50.3. The maximum Gasteiger partial charge on any atom is 0.456 e. The number of halogens is 10. The number of carboxylic acid groups (broad SMARTS) is 1. The summed E-state index contributed by atoms with van der Waals surface area (Å²) in [7, 11) is 1.68. The van der Waals surface area contributed by atoms with E-state index < -0.39 is 97.0 Å². The van der Waals surface area contributed by atoms with Crippen LogP contribution in [0.15, 0.2) is 122 Å². The quantitative estimate of drug-likeness (QED) is 0.0259. The Bertz CT molecular complexity index is 3010. The molecule has 2 amide bonds. The van der Waals surface area contributed by atoms with Crippen molar-refractivity contribution in [3.63, 3.8) is 0 Å². The van der Waals surface area contributed by atoms with Crippen molar-refractivity contribution in [2.24, 2.45) is 17.9 Å². The van der Waals surface area contributed by atoms with Gasteiger partial charge in [0.1, 0.15) is 6.61 Å². The number of hydrogen-bond acceptors (Lipinski definition) is 13. The molecule has 0 saturated carbocycles. The molecule has 84 heavy (non-hydrogen) atoms. The molecular weight excluding hydrogens is 1130 g/mol. The second-order valence-electron chi connectivity index (χ2n) is 20.2. The number of aryl methyl sites for hydroxylation is 1. The van der Waals surface area contributed by atoms with Crippen LogP contribution in [0.5, 0.6) is 0 Å². The molecule has 1 aliphatic rings. The Morgan fingerprint density at radius 2 is 1.15 bits per heavy atom. The Hall–Kier alpha value is -7.82. The Balaban J connectivity index is 0.000000268. The van der Waals surface area contributed by atoms with Gasteiger partial charge in [-0.25, -0.2) is 0 Å². The molecule has 7 rings (SSSR count). The Morgan fingerprint density at radius 1 is 0.667 bits per heavy atom. The number of carbonyl (C=O) groups excluding carboxylic acids is 3. The number of nitrogens with one attached hydrogen (secondary N) is 3. The van der Waals surface area contributed by atoms with Crippen molar-refractivity contribution in [2.75, 3.05) is 33.0 Å². The normalized spacial score (nSPS) is 16.0. The number of hydrogen-bond donors (Lipinski definition) is 6. The topological polar surface area (TPSA) is 253 Å². The lowest BCUT2D eigenvalue weighted by atomic mass is 9.82. The molecule has 456 valence electrons. The van der Waals surface area contributed by atoms with Crippen molar-refractivity contribution >= 4 is 23.8 Å². The van der Waals surface area contributed by atoms with Gasteiger partial charge in [0.15, 0.2) is 24.3 Å². The lowest BCUT2D eigenvalue weighted by Gasteiger charge is -2.32. The van der Waals surface area contributed by atoms with Crippen molar-refractivity contribution < 1.29 is 92.6 Å². The van der Waals surface area contributed by atoms with Crippen molar-refractivity contribution in [3.8, 4) is 22.3 Å². The summed E-state index contributed by atoms with van der Waals surface area (Å²) in [6.07, 6.45) is -6.15. The van der Waals surface area contributed by atoms with E-state index in [-0.39, 0.29) is 37.3 Å². The van der Waals surface area contributed by atoms with Crippen molar-refractivity contribution in [3.05, 3.63) is 144 Å². The molecule has 1 saturated heterocycles. The molecule has 2 aromatic heterocycles. The van der Waals surface area contributed by atoms with Gasteiger partial charge in [0.2, 0.25) is 0 Å².